The topological polar surface area (TPSA) is 47.3 Å². The molecule has 3 rings (SSSR count). The van der Waals surface area contributed by atoms with Gasteiger partial charge < -0.3 is 4.42 Å². The average molecular weight is 258 g/mol. The van der Waals surface area contributed by atoms with E-state index < -0.39 is 10.8 Å². The van der Waals surface area contributed by atoms with E-state index in [4.69, 9.17) is 4.42 Å². The molecule has 4 heteroatoms. The zero-order valence-electron chi connectivity index (χ0n) is 9.67. The molecule has 0 spiro atoms. The number of hydrogen-bond acceptors (Lipinski definition) is 3. The third-order valence-electron chi connectivity index (χ3n) is 2.88. The van der Waals surface area contributed by atoms with Crippen molar-refractivity contribution in [2.45, 2.75) is 5.09 Å². The van der Waals surface area contributed by atoms with Crippen LogP contribution in [0.5, 0.6) is 0 Å². The van der Waals surface area contributed by atoms with Gasteiger partial charge in [0.05, 0.1) is 16.2 Å². The highest BCUT2D eigenvalue weighted by Gasteiger charge is 2.10. The smallest absolute Gasteiger partial charge is 0.194 e. The van der Waals surface area contributed by atoms with Gasteiger partial charge in [-0.3, -0.25) is 9.00 Å². The van der Waals surface area contributed by atoms with Gasteiger partial charge in [0.15, 0.2) is 10.5 Å². The Morgan fingerprint density at radius 1 is 1.11 bits per heavy atom. The first-order chi connectivity index (χ1) is 8.66. The lowest BCUT2D eigenvalue weighted by atomic mass is 10.1. The second-order valence-corrected chi connectivity index (χ2v) is 5.35. The van der Waals surface area contributed by atoms with Crippen LogP contribution in [0.1, 0.15) is 0 Å². The Morgan fingerprint density at radius 2 is 1.89 bits per heavy atom. The monoisotopic (exact) mass is 258 g/mol. The molecule has 0 bridgehead atoms. The molecule has 1 aromatic heterocycles. The lowest BCUT2D eigenvalue weighted by Gasteiger charge is -2.03. The van der Waals surface area contributed by atoms with E-state index in [1.54, 1.807) is 6.07 Å². The SMILES string of the molecule is CS(=O)c1cc(=O)c2c(ccc3ccccc32)o1. The van der Waals surface area contributed by atoms with Crippen molar-refractivity contribution in [1.82, 2.24) is 0 Å². The van der Waals surface area contributed by atoms with Crippen LogP contribution in [0.15, 0.2) is 56.8 Å². The third-order valence-corrected chi connectivity index (χ3v) is 3.65. The van der Waals surface area contributed by atoms with Crippen molar-refractivity contribution < 1.29 is 8.63 Å². The highest BCUT2D eigenvalue weighted by molar-refractivity contribution is 7.84. The van der Waals surface area contributed by atoms with E-state index >= 15 is 0 Å². The quantitative estimate of drug-likeness (QED) is 0.630. The first kappa shape index (κ1) is 11.2. The van der Waals surface area contributed by atoms with Gasteiger partial charge >= 0.3 is 0 Å². The minimum Gasteiger partial charge on any atom is -0.447 e. The van der Waals surface area contributed by atoms with E-state index in [9.17, 15) is 9.00 Å². The molecule has 1 atom stereocenters. The molecule has 18 heavy (non-hydrogen) atoms. The summed E-state index contributed by atoms with van der Waals surface area (Å²) in [6, 6.07) is 12.6. The summed E-state index contributed by atoms with van der Waals surface area (Å²) in [6.45, 7) is 0. The van der Waals surface area contributed by atoms with Gasteiger partial charge in [-0.2, -0.15) is 0 Å². The Morgan fingerprint density at radius 3 is 2.67 bits per heavy atom. The highest BCUT2D eigenvalue weighted by Crippen LogP contribution is 2.23. The van der Waals surface area contributed by atoms with Crippen LogP contribution in [0.3, 0.4) is 0 Å². The van der Waals surface area contributed by atoms with Crippen LogP contribution in [0.4, 0.5) is 0 Å². The molecular formula is C14H10O3S. The first-order valence-electron chi connectivity index (χ1n) is 5.46. The molecule has 0 N–H and O–H groups in total. The number of rotatable bonds is 1. The number of fused-ring (bicyclic) bond motifs is 3. The Kier molecular flexibility index (Phi) is 2.52. The summed E-state index contributed by atoms with van der Waals surface area (Å²) in [6.07, 6.45) is 1.49. The second-order valence-electron chi connectivity index (χ2n) is 4.04. The van der Waals surface area contributed by atoms with Crippen molar-refractivity contribution in [3.63, 3.8) is 0 Å². The molecule has 1 heterocycles. The fourth-order valence-electron chi connectivity index (χ4n) is 2.05. The molecule has 2 aromatic carbocycles. The van der Waals surface area contributed by atoms with Gasteiger partial charge in [0.1, 0.15) is 5.58 Å². The zero-order chi connectivity index (χ0) is 12.7. The first-order valence-corrected chi connectivity index (χ1v) is 7.01. The second kappa shape index (κ2) is 4.07. The molecule has 1 unspecified atom stereocenters. The standard InChI is InChI=1S/C14H10O3S/c1-18(16)13-8-11(15)14-10-5-3-2-4-9(10)6-7-12(14)17-13/h2-8H,1H3. The predicted molar refractivity (Wildman–Crippen MR) is 72.3 cm³/mol. The molecule has 0 fully saturated rings. The van der Waals surface area contributed by atoms with E-state index in [0.717, 1.165) is 10.8 Å². The number of benzene rings is 2. The van der Waals surface area contributed by atoms with Crippen LogP contribution in [0, 0.1) is 0 Å². The van der Waals surface area contributed by atoms with E-state index in [1.165, 1.54) is 12.3 Å². The summed E-state index contributed by atoms with van der Waals surface area (Å²) >= 11 is 0. The fraction of sp³-hybridized carbons (Fsp3) is 0.0714. The molecule has 0 aliphatic carbocycles. The van der Waals surface area contributed by atoms with Crippen LogP contribution < -0.4 is 5.43 Å². The molecule has 90 valence electrons. The minimum atomic E-state index is -1.30. The van der Waals surface area contributed by atoms with Crippen molar-refractivity contribution in [2.24, 2.45) is 0 Å². The maximum Gasteiger partial charge on any atom is 0.194 e. The lowest BCUT2D eigenvalue weighted by Crippen LogP contribution is -2.03. The minimum absolute atomic E-state index is 0.154. The van der Waals surface area contributed by atoms with Crippen molar-refractivity contribution in [3.8, 4) is 0 Å². The van der Waals surface area contributed by atoms with Crippen molar-refractivity contribution >= 4 is 32.5 Å². The molecule has 0 saturated carbocycles. The van der Waals surface area contributed by atoms with Crippen LogP contribution in [0.25, 0.3) is 21.7 Å². The molecule has 0 amide bonds. The third kappa shape index (κ3) is 1.66. The van der Waals surface area contributed by atoms with Gasteiger partial charge in [0.2, 0.25) is 0 Å². The summed E-state index contributed by atoms with van der Waals surface area (Å²) in [4.78, 5) is 12.1. The summed E-state index contributed by atoms with van der Waals surface area (Å²) < 4.78 is 16.9. The van der Waals surface area contributed by atoms with E-state index in [0.29, 0.717) is 11.0 Å². The van der Waals surface area contributed by atoms with Crippen molar-refractivity contribution in [3.05, 3.63) is 52.7 Å². The summed E-state index contributed by atoms with van der Waals surface area (Å²) in [5, 5.41) is 2.60. The van der Waals surface area contributed by atoms with Crippen LogP contribution in [-0.2, 0) is 10.8 Å². The highest BCUT2D eigenvalue weighted by atomic mass is 32.2. The zero-order valence-corrected chi connectivity index (χ0v) is 10.5. The average Bonchev–Trinajstić information content (AvgIpc) is 2.37. The van der Waals surface area contributed by atoms with Crippen molar-refractivity contribution in [1.29, 1.82) is 0 Å². The van der Waals surface area contributed by atoms with Gasteiger partial charge in [0.25, 0.3) is 0 Å². The Hall–Kier alpha value is -1.94. The Labute approximate surface area is 106 Å². The van der Waals surface area contributed by atoms with E-state index in [1.807, 2.05) is 30.3 Å². The van der Waals surface area contributed by atoms with Crippen LogP contribution >= 0.6 is 0 Å². The van der Waals surface area contributed by atoms with Crippen LogP contribution in [0.2, 0.25) is 0 Å². The maximum absolute atomic E-state index is 12.1. The molecule has 0 aliphatic heterocycles. The van der Waals surface area contributed by atoms with Gasteiger partial charge in [-0.05, 0) is 16.8 Å². The summed E-state index contributed by atoms with van der Waals surface area (Å²) in [5.41, 5.74) is 0.324. The molecule has 3 nitrogen and oxygen atoms in total. The Balaban J connectivity index is 2.53. The maximum atomic E-state index is 12.1. The summed E-state index contributed by atoms with van der Waals surface area (Å²) in [5.74, 6) is 0. The van der Waals surface area contributed by atoms with Gasteiger partial charge in [-0.1, -0.05) is 30.3 Å². The van der Waals surface area contributed by atoms with E-state index in [2.05, 4.69) is 0 Å². The molecule has 0 saturated heterocycles. The van der Waals surface area contributed by atoms with Crippen molar-refractivity contribution in [2.75, 3.05) is 6.26 Å². The van der Waals surface area contributed by atoms with Crippen LogP contribution in [-0.4, -0.2) is 10.5 Å². The largest absolute Gasteiger partial charge is 0.447 e. The van der Waals surface area contributed by atoms with Gasteiger partial charge in [-0.25, -0.2) is 0 Å². The summed E-state index contributed by atoms with van der Waals surface area (Å²) in [7, 11) is -1.30. The van der Waals surface area contributed by atoms with Gasteiger partial charge in [-0.15, -0.1) is 0 Å². The Bertz CT molecular complexity index is 833. The molecular weight excluding hydrogens is 248 g/mol. The van der Waals surface area contributed by atoms with E-state index in [-0.39, 0.29) is 10.5 Å². The predicted octanol–water partition coefficient (Wildman–Crippen LogP) is 2.68. The lowest BCUT2D eigenvalue weighted by molar-refractivity contribution is 0.490. The molecule has 0 aliphatic rings. The normalized spacial score (nSPS) is 12.9. The van der Waals surface area contributed by atoms with Gasteiger partial charge in [0, 0.05) is 12.3 Å². The molecule has 3 aromatic rings. The fourth-order valence-corrected chi connectivity index (χ4v) is 2.53. The number of hydrogen-bond donors (Lipinski definition) is 0. The molecule has 0 radical (unpaired) electrons.